The molecule has 0 saturated carbocycles. The predicted octanol–water partition coefficient (Wildman–Crippen LogP) is 2.84. The van der Waals surface area contributed by atoms with E-state index in [2.05, 4.69) is 5.32 Å². The van der Waals surface area contributed by atoms with Gasteiger partial charge in [0.25, 0.3) is 0 Å². The molecule has 3 heterocycles. The fourth-order valence-corrected chi connectivity index (χ4v) is 4.15. The highest BCUT2D eigenvalue weighted by molar-refractivity contribution is 8.00. The van der Waals surface area contributed by atoms with Crippen molar-refractivity contribution >= 4 is 34.1 Å². The Morgan fingerprint density at radius 1 is 1.44 bits per heavy atom. The van der Waals surface area contributed by atoms with Crippen LogP contribution in [-0.2, 0) is 4.74 Å². The fourth-order valence-electron chi connectivity index (χ4n) is 2.37. The number of hydrogen-bond donors (Lipinski definition) is 1. The molecule has 1 aromatic heterocycles. The molecule has 1 spiro atoms. The standard InChI is InChI=1S/C12H16N2O2S2/c15-11(13-10-2-1-8-17-10)14-5-3-12(4-6-14)16-7-9-18-12/h1-2,8H,3-7,9H2,(H,13,15). The summed E-state index contributed by atoms with van der Waals surface area (Å²) in [6.45, 7) is 2.42. The summed E-state index contributed by atoms with van der Waals surface area (Å²) < 4.78 is 5.82. The maximum atomic E-state index is 12.0. The van der Waals surface area contributed by atoms with Crippen molar-refractivity contribution < 1.29 is 9.53 Å². The molecule has 2 aliphatic heterocycles. The molecule has 0 unspecified atom stereocenters. The van der Waals surface area contributed by atoms with Crippen LogP contribution in [-0.4, -0.2) is 41.3 Å². The van der Waals surface area contributed by atoms with E-state index in [1.165, 1.54) is 0 Å². The Labute approximate surface area is 115 Å². The molecule has 4 nitrogen and oxygen atoms in total. The Bertz CT molecular complexity index is 406. The van der Waals surface area contributed by atoms with Crippen LogP contribution in [0, 0.1) is 0 Å². The lowest BCUT2D eigenvalue weighted by Crippen LogP contribution is -2.46. The first-order chi connectivity index (χ1) is 8.77. The van der Waals surface area contributed by atoms with Crippen LogP contribution in [0.2, 0.25) is 0 Å². The molecule has 2 amide bonds. The number of hydrogen-bond acceptors (Lipinski definition) is 4. The molecule has 0 aliphatic carbocycles. The molecular weight excluding hydrogens is 268 g/mol. The van der Waals surface area contributed by atoms with Crippen LogP contribution in [0.15, 0.2) is 17.5 Å². The van der Waals surface area contributed by atoms with Crippen molar-refractivity contribution in [2.45, 2.75) is 17.8 Å². The van der Waals surface area contributed by atoms with E-state index in [9.17, 15) is 4.79 Å². The van der Waals surface area contributed by atoms with Gasteiger partial charge in [0.1, 0.15) is 4.93 Å². The minimum Gasteiger partial charge on any atom is -0.363 e. The second-order valence-electron chi connectivity index (χ2n) is 4.50. The first-order valence-electron chi connectivity index (χ1n) is 6.15. The molecule has 0 radical (unpaired) electrons. The Balaban J connectivity index is 1.54. The van der Waals surface area contributed by atoms with Crippen molar-refractivity contribution in [2.75, 3.05) is 30.8 Å². The second kappa shape index (κ2) is 5.11. The fraction of sp³-hybridized carbons (Fsp3) is 0.583. The topological polar surface area (TPSA) is 41.6 Å². The summed E-state index contributed by atoms with van der Waals surface area (Å²) in [7, 11) is 0. The van der Waals surface area contributed by atoms with Gasteiger partial charge in [0.05, 0.1) is 11.6 Å². The summed E-state index contributed by atoms with van der Waals surface area (Å²) >= 11 is 3.45. The highest BCUT2D eigenvalue weighted by atomic mass is 32.2. The number of thiophene rings is 1. The molecule has 2 aliphatic rings. The maximum Gasteiger partial charge on any atom is 0.322 e. The Hall–Kier alpha value is -0.720. The summed E-state index contributed by atoms with van der Waals surface area (Å²) in [5, 5.41) is 5.80. The van der Waals surface area contributed by atoms with Gasteiger partial charge in [-0.15, -0.1) is 23.1 Å². The number of urea groups is 1. The zero-order valence-corrected chi connectivity index (χ0v) is 11.7. The summed E-state index contributed by atoms with van der Waals surface area (Å²) in [4.78, 5) is 13.9. The Kier molecular flexibility index (Phi) is 3.50. The first kappa shape index (κ1) is 12.3. The summed E-state index contributed by atoms with van der Waals surface area (Å²) in [5.41, 5.74) is 0. The van der Waals surface area contributed by atoms with Gasteiger partial charge in [-0.2, -0.15) is 0 Å². The molecule has 6 heteroatoms. The lowest BCUT2D eigenvalue weighted by molar-refractivity contribution is 0.0106. The molecule has 0 aromatic carbocycles. The number of rotatable bonds is 1. The van der Waals surface area contributed by atoms with E-state index in [0.717, 1.165) is 43.3 Å². The van der Waals surface area contributed by atoms with E-state index >= 15 is 0 Å². The summed E-state index contributed by atoms with van der Waals surface area (Å²) in [6.07, 6.45) is 1.88. The molecule has 1 N–H and O–H groups in total. The summed E-state index contributed by atoms with van der Waals surface area (Å²) in [5.74, 6) is 1.08. The molecule has 0 bridgehead atoms. The van der Waals surface area contributed by atoms with Crippen molar-refractivity contribution in [3.05, 3.63) is 17.5 Å². The third kappa shape index (κ3) is 2.50. The maximum absolute atomic E-state index is 12.0. The van der Waals surface area contributed by atoms with Crippen LogP contribution in [0.3, 0.4) is 0 Å². The number of carbonyl (C=O) groups is 1. The van der Waals surface area contributed by atoms with E-state index in [1.807, 2.05) is 34.2 Å². The molecule has 1 aromatic rings. The van der Waals surface area contributed by atoms with Crippen molar-refractivity contribution in [3.63, 3.8) is 0 Å². The average Bonchev–Trinajstić information content (AvgIpc) is 3.03. The third-order valence-electron chi connectivity index (χ3n) is 3.38. The van der Waals surface area contributed by atoms with Gasteiger partial charge in [0.15, 0.2) is 0 Å². The molecule has 0 atom stereocenters. The number of likely N-dealkylation sites (tertiary alicyclic amines) is 1. The van der Waals surface area contributed by atoms with Crippen LogP contribution in [0.1, 0.15) is 12.8 Å². The molecular formula is C12H16N2O2S2. The highest BCUT2D eigenvalue weighted by Crippen LogP contribution is 2.41. The molecule has 2 fully saturated rings. The van der Waals surface area contributed by atoms with E-state index in [0.29, 0.717) is 0 Å². The van der Waals surface area contributed by atoms with Crippen molar-refractivity contribution in [2.24, 2.45) is 0 Å². The molecule has 98 valence electrons. The largest absolute Gasteiger partial charge is 0.363 e. The van der Waals surface area contributed by atoms with Gasteiger partial charge in [0, 0.05) is 31.7 Å². The number of nitrogens with zero attached hydrogens (tertiary/aromatic N) is 1. The van der Waals surface area contributed by atoms with E-state index in [-0.39, 0.29) is 11.0 Å². The number of carbonyl (C=O) groups excluding carboxylic acids is 1. The Morgan fingerprint density at radius 3 is 2.89 bits per heavy atom. The number of ether oxygens (including phenoxy) is 1. The van der Waals surface area contributed by atoms with Gasteiger partial charge >= 0.3 is 6.03 Å². The molecule has 3 rings (SSSR count). The number of thioether (sulfide) groups is 1. The van der Waals surface area contributed by atoms with Crippen molar-refractivity contribution in [1.29, 1.82) is 0 Å². The normalized spacial score (nSPS) is 22.3. The molecule has 2 saturated heterocycles. The summed E-state index contributed by atoms with van der Waals surface area (Å²) in [6, 6.07) is 3.87. The zero-order chi connectivity index (χ0) is 12.4. The quantitative estimate of drug-likeness (QED) is 0.862. The smallest absolute Gasteiger partial charge is 0.322 e. The van der Waals surface area contributed by atoms with Crippen LogP contribution in [0.4, 0.5) is 9.80 Å². The minimum absolute atomic E-state index is 0.000286. The van der Waals surface area contributed by atoms with E-state index < -0.39 is 0 Å². The third-order valence-corrected chi connectivity index (χ3v) is 5.59. The van der Waals surface area contributed by atoms with Gasteiger partial charge in [-0.3, -0.25) is 5.32 Å². The van der Waals surface area contributed by atoms with Crippen LogP contribution < -0.4 is 5.32 Å². The lowest BCUT2D eigenvalue weighted by atomic mass is 10.1. The van der Waals surface area contributed by atoms with Gasteiger partial charge < -0.3 is 9.64 Å². The molecule has 18 heavy (non-hydrogen) atoms. The number of nitrogens with one attached hydrogen (secondary N) is 1. The average molecular weight is 284 g/mol. The number of amides is 2. The van der Waals surface area contributed by atoms with Crippen molar-refractivity contribution in [1.82, 2.24) is 4.90 Å². The Morgan fingerprint density at radius 2 is 2.28 bits per heavy atom. The first-order valence-corrected chi connectivity index (χ1v) is 8.01. The van der Waals surface area contributed by atoms with Gasteiger partial charge in [-0.25, -0.2) is 4.79 Å². The van der Waals surface area contributed by atoms with Gasteiger partial charge in [-0.1, -0.05) is 0 Å². The van der Waals surface area contributed by atoms with Gasteiger partial charge in [-0.05, 0) is 17.5 Å². The number of piperidine rings is 1. The van der Waals surface area contributed by atoms with Crippen LogP contribution >= 0.6 is 23.1 Å². The van der Waals surface area contributed by atoms with Crippen LogP contribution in [0.25, 0.3) is 0 Å². The van der Waals surface area contributed by atoms with Crippen molar-refractivity contribution in [3.8, 4) is 0 Å². The monoisotopic (exact) mass is 284 g/mol. The van der Waals surface area contributed by atoms with Gasteiger partial charge in [0.2, 0.25) is 0 Å². The van der Waals surface area contributed by atoms with E-state index in [1.54, 1.807) is 11.3 Å². The number of anilines is 1. The van der Waals surface area contributed by atoms with E-state index in [4.69, 9.17) is 4.74 Å². The second-order valence-corrected chi connectivity index (χ2v) is 6.89. The minimum atomic E-state index is -0.000286. The highest BCUT2D eigenvalue weighted by Gasteiger charge is 2.40. The predicted molar refractivity (Wildman–Crippen MR) is 75.3 cm³/mol. The zero-order valence-electron chi connectivity index (χ0n) is 10.1. The van der Waals surface area contributed by atoms with Crippen LogP contribution in [0.5, 0.6) is 0 Å². The SMILES string of the molecule is O=C(Nc1cccs1)N1CCC2(CC1)OCCS2. The lowest BCUT2D eigenvalue weighted by Gasteiger charge is -2.37.